The second kappa shape index (κ2) is 13.7. The van der Waals surface area contributed by atoms with E-state index in [1.807, 2.05) is 38.1 Å². The molecule has 1 aliphatic carbocycles. The van der Waals surface area contributed by atoms with Crippen LogP contribution in [0, 0.1) is 6.92 Å². The summed E-state index contributed by atoms with van der Waals surface area (Å²) in [7, 11) is -1.01. The fraction of sp³-hybridized carbons (Fsp3) is 0.517. The van der Waals surface area contributed by atoms with Crippen LogP contribution in [-0.4, -0.2) is 64.2 Å². The van der Waals surface area contributed by atoms with E-state index >= 15 is 0 Å². The highest BCUT2D eigenvalue weighted by Gasteiger charge is 2.33. The molecule has 0 unspecified atom stereocenters. The molecule has 214 valence electrons. The summed E-state index contributed by atoms with van der Waals surface area (Å²) in [5.41, 5.74) is 2.05. The van der Waals surface area contributed by atoms with Gasteiger partial charge in [-0.2, -0.15) is 0 Å². The summed E-state index contributed by atoms with van der Waals surface area (Å²) in [5.74, 6) is -0.00100. The number of nitrogens with zero attached hydrogens (tertiary/aromatic N) is 2. The minimum absolute atomic E-state index is 0.0873. The molecule has 1 fully saturated rings. The van der Waals surface area contributed by atoms with Crippen molar-refractivity contribution in [2.24, 2.45) is 0 Å². The number of hydrogen-bond donors (Lipinski definition) is 1. The third kappa shape index (κ3) is 7.88. The number of hydrogen-bond acceptors (Lipinski definition) is 6. The molecular formula is C29H41N3O6S. The van der Waals surface area contributed by atoms with Gasteiger partial charge < -0.3 is 19.7 Å². The van der Waals surface area contributed by atoms with Crippen molar-refractivity contribution in [2.45, 2.75) is 71.0 Å². The van der Waals surface area contributed by atoms with Gasteiger partial charge in [0.25, 0.3) is 0 Å². The van der Waals surface area contributed by atoms with Gasteiger partial charge in [-0.25, -0.2) is 8.42 Å². The molecule has 0 heterocycles. The molecule has 39 heavy (non-hydrogen) atoms. The molecule has 0 aliphatic heterocycles. The maximum Gasteiger partial charge on any atom is 0.244 e. The molecule has 10 heteroatoms. The molecular weight excluding hydrogens is 518 g/mol. The Labute approximate surface area is 232 Å². The fourth-order valence-electron chi connectivity index (χ4n) is 5.02. The molecule has 0 aromatic heterocycles. The summed E-state index contributed by atoms with van der Waals surface area (Å²) >= 11 is 0. The van der Waals surface area contributed by atoms with Crippen LogP contribution in [0.25, 0.3) is 0 Å². The molecule has 0 radical (unpaired) electrons. The highest BCUT2D eigenvalue weighted by Crippen LogP contribution is 2.34. The lowest BCUT2D eigenvalue weighted by molar-refractivity contribution is -0.140. The molecule has 2 aromatic carbocycles. The maximum atomic E-state index is 14.0. The number of methoxy groups -OCH3 is 2. The molecule has 9 nitrogen and oxygen atoms in total. The van der Waals surface area contributed by atoms with E-state index < -0.39 is 28.5 Å². The first-order chi connectivity index (χ1) is 18.6. The van der Waals surface area contributed by atoms with E-state index in [2.05, 4.69) is 5.32 Å². The van der Waals surface area contributed by atoms with Gasteiger partial charge in [0.05, 0.1) is 26.2 Å². The predicted octanol–water partition coefficient (Wildman–Crippen LogP) is 4.03. The number of aryl methyl sites for hydroxylation is 1. The number of rotatable bonds is 12. The minimum atomic E-state index is -3.91. The van der Waals surface area contributed by atoms with E-state index in [1.54, 1.807) is 12.1 Å². The van der Waals surface area contributed by atoms with Crippen LogP contribution in [0.1, 0.15) is 56.6 Å². The fourth-order valence-corrected chi connectivity index (χ4v) is 5.87. The van der Waals surface area contributed by atoms with Crippen LogP contribution in [0.2, 0.25) is 0 Å². The Morgan fingerprint density at radius 1 is 1.05 bits per heavy atom. The SMILES string of the molecule is CC[C@H](C(=O)NC1CCCCC1)N(Cc1ccccc1C)C(=O)CN(c1cc(OC)ccc1OC)S(C)(=O)=O. The Morgan fingerprint density at radius 2 is 1.74 bits per heavy atom. The van der Waals surface area contributed by atoms with E-state index in [0.717, 1.165) is 53.8 Å². The van der Waals surface area contributed by atoms with Gasteiger partial charge in [-0.15, -0.1) is 0 Å². The summed E-state index contributed by atoms with van der Waals surface area (Å²) in [5, 5.41) is 3.15. The number of sulfonamides is 1. The smallest absolute Gasteiger partial charge is 0.244 e. The van der Waals surface area contributed by atoms with Gasteiger partial charge in [-0.3, -0.25) is 13.9 Å². The van der Waals surface area contributed by atoms with E-state index in [4.69, 9.17) is 9.47 Å². The van der Waals surface area contributed by atoms with Gasteiger partial charge in [0.2, 0.25) is 21.8 Å². The molecule has 1 saturated carbocycles. The largest absolute Gasteiger partial charge is 0.497 e. The zero-order valence-corrected chi connectivity index (χ0v) is 24.4. The second-order valence-electron chi connectivity index (χ2n) is 10.0. The maximum absolute atomic E-state index is 14.0. The van der Waals surface area contributed by atoms with Crippen molar-refractivity contribution in [3.8, 4) is 11.5 Å². The van der Waals surface area contributed by atoms with Crippen molar-refractivity contribution in [3.63, 3.8) is 0 Å². The zero-order chi connectivity index (χ0) is 28.6. The van der Waals surface area contributed by atoms with Gasteiger partial charge in [0, 0.05) is 18.7 Å². The summed E-state index contributed by atoms with van der Waals surface area (Å²) in [6, 6.07) is 11.8. The van der Waals surface area contributed by atoms with Gasteiger partial charge in [-0.05, 0) is 49.4 Å². The van der Waals surface area contributed by atoms with Crippen LogP contribution < -0.4 is 19.1 Å². The van der Waals surface area contributed by atoms with Crippen LogP contribution in [0.5, 0.6) is 11.5 Å². The molecule has 1 N–H and O–H groups in total. The van der Waals surface area contributed by atoms with E-state index in [0.29, 0.717) is 12.2 Å². The molecule has 0 spiro atoms. The first-order valence-corrected chi connectivity index (χ1v) is 15.3. The van der Waals surface area contributed by atoms with Crippen molar-refractivity contribution in [1.29, 1.82) is 0 Å². The molecule has 3 rings (SSSR count). The Hall–Kier alpha value is -3.27. The minimum Gasteiger partial charge on any atom is -0.497 e. The monoisotopic (exact) mass is 559 g/mol. The standard InChI is InChI=1S/C29H41N3O6S/c1-6-25(29(34)30-23-14-8-7-9-15-23)31(19-22-13-11-10-12-21(22)2)28(33)20-32(39(5,35)36)26-18-24(37-3)16-17-27(26)38-4/h10-13,16-18,23,25H,6-9,14-15,19-20H2,1-5H3,(H,30,34)/t25-/m1/s1. The van der Waals surface area contributed by atoms with Crippen molar-refractivity contribution in [3.05, 3.63) is 53.6 Å². The molecule has 0 bridgehead atoms. The van der Waals surface area contributed by atoms with Crippen LogP contribution in [0.4, 0.5) is 5.69 Å². The van der Waals surface area contributed by atoms with Gasteiger partial charge in [0.1, 0.15) is 24.1 Å². The Morgan fingerprint density at radius 3 is 2.33 bits per heavy atom. The number of anilines is 1. The van der Waals surface area contributed by atoms with Crippen LogP contribution in [-0.2, 0) is 26.2 Å². The third-order valence-electron chi connectivity index (χ3n) is 7.27. The topological polar surface area (TPSA) is 105 Å². The summed E-state index contributed by atoms with van der Waals surface area (Å²) < 4.78 is 37.7. The normalized spacial score (nSPS) is 14.8. The van der Waals surface area contributed by atoms with Gasteiger partial charge in [0.15, 0.2) is 0 Å². The van der Waals surface area contributed by atoms with Crippen molar-refractivity contribution >= 4 is 27.5 Å². The Kier molecular flexibility index (Phi) is 10.6. The molecule has 1 atom stereocenters. The lowest BCUT2D eigenvalue weighted by Crippen LogP contribution is -2.54. The highest BCUT2D eigenvalue weighted by atomic mass is 32.2. The van der Waals surface area contributed by atoms with Crippen molar-refractivity contribution in [1.82, 2.24) is 10.2 Å². The lowest BCUT2D eigenvalue weighted by atomic mass is 9.95. The van der Waals surface area contributed by atoms with Gasteiger partial charge in [-0.1, -0.05) is 50.5 Å². The van der Waals surface area contributed by atoms with Crippen LogP contribution >= 0.6 is 0 Å². The predicted molar refractivity (Wildman–Crippen MR) is 153 cm³/mol. The van der Waals surface area contributed by atoms with Crippen LogP contribution in [0.3, 0.4) is 0 Å². The zero-order valence-electron chi connectivity index (χ0n) is 23.6. The Bertz CT molecular complexity index is 1240. The summed E-state index contributed by atoms with van der Waals surface area (Å²) in [6.45, 7) is 3.49. The molecule has 0 saturated heterocycles. The quantitative estimate of drug-likeness (QED) is 0.421. The Balaban J connectivity index is 1.98. The van der Waals surface area contributed by atoms with Gasteiger partial charge >= 0.3 is 0 Å². The highest BCUT2D eigenvalue weighted by molar-refractivity contribution is 7.92. The average Bonchev–Trinajstić information content (AvgIpc) is 2.92. The third-order valence-corrected chi connectivity index (χ3v) is 8.40. The first kappa shape index (κ1) is 30.3. The first-order valence-electron chi connectivity index (χ1n) is 13.4. The molecule has 1 aliphatic rings. The number of benzene rings is 2. The van der Waals surface area contributed by atoms with Crippen LogP contribution in [0.15, 0.2) is 42.5 Å². The summed E-state index contributed by atoms with van der Waals surface area (Å²) in [6.07, 6.45) is 6.57. The van der Waals surface area contributed by atoms with E-state index in [9.17, 15) is 18.0 Å². The van der Waals surface area contributed by atoms with E-state index in [1.165, 1.54) is 25.2 Å². The number of nitrogens with one attached hydrogen (secondary N) is 1. The molecule has 2 amide bonds. The second-order valence-corrected chi connectivity index (χ2v) is 11.9. The lowest BCUT2D eigenvalue weighted by Gasteiger charge is -2.34. The average molecular weight is 560 g/mol. The number of carbonyl (C=O) groups is 2. The number of carbonyl (C=O) groups excluding carboxylic acids is 2. The summed E-state index contributed by atoms with van der Waals surface area (Å²) in [4.78, 5) is 29.0. The van der Waals surface area contributed by atoms with Crippen molar-refractivity contribution < 1.29 is 27.5 Å². The van der Waals surface area contributed by atoms with Crippen molar-refractivity contribution in [2.75, 3.05) is 31.3 Å². The number of ether oxygens (including phenoxy) is 2. The van der Waals surface area contributed by atoms with E-state index in [-0.39, 0.29) is 29.9 Å². The molecule has 2 aromatic rings. The number of amides is 2.